The first-order valence-corrected chi connectivity index (χ1v) is 4.41. The van der Waals surface area contributed by atoms with E-state index in [1.807, 2.05) is 0 Å². The van der Waals surface area contributed by atoms with Gasteiger partial charge in [-0.2, -0.15) is 26.3 Å². The summed E-state index contributed by atoms with van der Waals surface area (Å²) in [5, 5.41) is -0.493. The van der Waals surface area contributed by atoms with Crippen molar-refractivity contribution in [2.75, 3.05) is 0 Å². The fraction of sp³-hybridized carbons (Fsp3) is 0.222. The van der Waals surface area contributed by atoms with Gasteiger partial charge in [0, 0.05) is 5.02 Å². The highest BCUT2D eigenvalue weighted by Crippen LogP contribution is 2.35. The van der Waals surface area contributed by atoms with E-state index in [-0.39, 0.29) is 0 Å². The van der Waals surface area contributed by atoms with Crippen LogP contribution in [0.5, 0.6) is 0 Å². The molecule has 0 amide bonds. The van der Waals surface area contributed by atoms with Gasteiger partial charge in [0.15, 0.2) is 0 Å². The lowest BCUT2D eigenvalue weighted by Gasteiger charge is -2.12. The predicted molar refractivity (Wildman–Crippen MR) is 49.3 cm³/mol. The summed E-state index contributed by atoms with van der Waals surface area (Å²) in [7, 11) is 0. The maximum atomic E-state index is 12.3. The van der Waals surface area contributed by atoms with E-state index in [1.165, 1.54) is 0 Å². The minimum atomic E-state index is -4.87. The Bertz CT molecular complexity index is 448. The van der Waals surface area contributed by atoms with Crippen molar-refractivity contribution >= 4 is 17.2 Å². The van der Waals surface area contributed by atoms with Crippen LogP contribution in [0.4, 0.5) is 26.3 Å². The summed E-state index contributed by atoms with van der Waals surface area (Å²) in [6, 6.07) is 1.11. The minimum absolute atomic E-state index is 0.439. The quantitative estimate of drug-likeness (QED) is 0.695. The molecule has 0 saturated heterocycles. The average Bonchev–Trinajstić information content (AvgIpc) is 2.12. The number of rotatable bonds is 1. The third-order valence-electron chi connectivity index (χ3n) is 1.73. The summed E-state index contributed by atoms with van der Waals surface area (Å²) in [6.45, 7) is 2.65. The summed E-state index contributed by atoms with van der Waals surface area (Å²) < 4.78 is 73.5. The van der Waals surface area contributed by atoms with Crippen molar-refractivity contribution in [2.45, 2.75) is 12.4 Å². The van der Waals surface area contributed by atoms with Crippen molar-refractivity contribution in [3.05, 3.63) is 35.1 Å². The van der Waals surface area contributed by atoms with Crippen LogP contribution in [0.1, 0.15) is 11.4 Å². The second-order valence-corrected chi connectivity index (χ2v) is 3.47. The Morgan fingerprint density at radius 2 is 1.65 bits per heavy atom. The monoisotopic (exact) mass is 275 g/mol. The molecule has 0 saturated carbocycles. The molecule has 0 aliphatic rings. The Hall–Kier alpha value is -1.24. The lowest BCUT2D eigenvalue weighted by molar-refractivity contribution is -0.141. The van der Waals surface area contributed by atoms with Crippen LogP contribution in [0.2, 0.25) is 5.02 Å². The van der Waals surface area contributed by atoms with Gasteiger partial charge in [0.2, 0.25) is 0 Å². The number of halogens is 7. The van der Waals surface area contributed by atoms with Gasteiger partial charge in [-0.1, -0.05) is 18.2 Å². The van der Waals surface area contributed by atoms with Crippen LogP contribution in [0.3, 0.4) is 0 Å². The Labute approximate surface area is 96.7 Å². The molecule has 0 atom stereocenters. The van der Waals surface area contributed by atoms with Crippen molar-refractivity contribution in [1.82, 2.24) is 4.98 Å². The summed E-state index contributed by atoms with van der Waals surface area (Å²) in [4.78, 5) is 2.84. The molecule has 0 unspecified atom stereocenters. The van der Waals surface area contributed by atoms with E-state index in [1.54, 1.807) is 0 Å². The molecular weight excluding hydrogens is 272 g/mol. The molecule has 0 fully saturated rings. The molecule has 1 aromatic rings. The zero-order chi connectivity index (χ0) is 13.4. The first-order chi connectivity index (χ1) is 7.51. The van der Waals surface area contributed by atoms with E-state index >= 15 is 0 Å². The molecule has 0 aromatic carbocycles. The number of pyridine rings is 1. The van der Waals surface area contributed by atoms with Gasteiger partial charge in [0.05, 0.1) is 11.3 Å². The molecule has 94 valence electrons. The van der Waals surface area contributed by atoms with Crippen LogP contribution in [0.25, 0.3) is 5.57 Å². The maximum Gasteiger partial charge on any atom is 0.433 e. The Morgan fingerprint density at radius 1 is 1.12 bits per heavy atom. The summed E-state index contributed by atoms with van der Waals surface area (Å²) >= 11 is 5.30. The van der Waals surface area contributed by atoms with E-state index < -0.39 is 34.3 Å². The normalized spacial score (nSPS) is 12.6. The highest BCUT2D eigenvalue weighted by Gasteiger charge is 2.37. The third-order valence-corrected chi connectivity index (χ3v) is 1.95. The average molecular weight is 276 g/mol. The van der Waals surface area contributed by atoms with Gasteiger partial charge >= 0.3 is 12.4 Å². The van der Waals surface area contributed by atoms with Crippen LogP contribution in [0, 0.1) is 0 Å². The first-order valence-electron chi connectivity index (χ1n) is 4.03. The number of hydrogen-bond acceptors (Lipinski definition) is 1. The van der Waals surface area contributed by atoms with Crippen molar-refractivity contribution in [2.24, 2.45) is 0 Å². The summed E-state index contributed by atoms with van der Waals surface area (Å²) in [5.74, 6) is 0. The summed E-state index contributed by atoms with van der Waals surface area (Å²) in [6.07, 6.45) is -9.73. The van der Waals surface area contributed by atoms with Gasteiger partial charge in [0.25, 0.3) is 0 Å². The molecular formula is C9H4ClF6N. The van der Waals surface area contributed by atoms with E-state index in [0.717, 1.165) is 0 Å². The van der Waals surface area contributed by atoms with Crippen LogP contribution in [-0.4, -0.2) is 11.2 Å². The number of allylic oxidation sites excluding steroid dienone is 1. The molecule has 1 nitrogen and oxygen atoms in total. The molecule has 1 aromatic heterocycles. The largest absolute Gasteiger partial charge is 0.433 e. The molecule has 1 heterocycles. The molecule has 0 aliphatic carbocycles. The predicted octanol–water partition coefficient (Wildman–Crippen LogP) is 4.33. The topological polar surface area (TPSA) is 12.9 Å². The van der Waals surface area contributed by atoms with Crippen LogP contribution < -0.4 is 0 Å². The van der Waals surface area contributed by atoms with E-state index in [0.29, 0.717) is 12.1 Å². The molecule has 0 radical (unpaired) electrons. The van der Waals surface area contributed by atoms with Gasteiger partial charge in [-0.3, -0.25) is 0 Å². The number of alkyl halides is 6. The number of hydrogen-bond donors (Lipinski definition) is 0. The highest BCUT2D eigenvalue weighted by atomic mass is 35.5. The third kappa shape index (κ3) is 3.36. The highest BCUT2D eigenvalue weighted by molar-refractivity contribution is 6.30. The molecule has 8 heteroatoms. The molecule has 0 bridgehead atoms. The van der Waals surface area contributed by atoms with E-state index in [9.17, 15) is 26.3 Å². The van der Waals surface area contributed by atoms with Crippen molar-refractivity contribution in [3.63, 3.8) is 0 Å². The van der Waals surface area contributed by atoms with E-state index in [2.05, 4.69) is 11.6 Å². The SMILES string of the molecule is C=C(c1cc(Cl)cc(C(F)(F)F)n1)C(F)(F)F. The Kier molecular flexibility index (Phi) is 3.42. The fourth-order valence-corrected chi connectivity index (χ4v) is 1.15. The van der Waals surface area contributed by atoms with Gasteiger partial charge in [-0.05, 0) is 12.1 Å². The minimum Gasteiger partial charge on any atom is -0.243 e. The standard InChI is InChI=1S/C9H4ClF6N/c1-4(8(11,12)13)6-2-5(10)3-7(17-6)9(14,15)16/h2-3H,1H2. The zero-order valence-electron chi connectivity index (χ0n) is 7.95. The van der Waals surface area contributed by atoms with Gasteiger partial charge in [-0.25, -0.2) is 4.98 Å². The Morgan fingerprint density at radius 3 is 2.06 bits per heavy atom. The number of nitrogens with zero attached hydrogens (tertiary/aromatic N) is 1. The molecule has 0 spiro atoms. The lowest BCUT2D eigenvalue weighted by atomic mass is 10.1. The second-order valence-electron chi connectivity index (χ2n) is 3.03. The zero-order valence-corrected chi connectivity index (χ0v) is 8.71. The number of aromatic nitrogens is 1. The fourth-order valence-electron chi connectivity index (χ4n) is 0.942. The van der Waals surface area contributed by atoms with E-state index in [4.69, 9.17) is 11.6 Å². The van der Waals surface area contributed by atoms with Crippen molar-refractivity contribution in [3.8, 4) is 0 Å². The van der Waals surface area contributed by atoms with Gasteiger partial charge in [-0.15, -0.1) is 0 Å². The molecule has 0 N–H and O–H groups in total. The summed E-state index contributed by atoms with van der Waals surface area (Å²) in [5.41, 5.74) is -3.92. The van der Waals surface area contributed by atoms with Crippen molar-refractivity contribution in [1.29, 1.82) is 0 Å². The molecule has 0 aliphatic heterocycles. The lowest BCUT2D eigenvalue weighted by Crippen LogP contribution is -2.14. The molecule has 17 heavy (non-hydrogen) atoms. The maximum absolute atomic E-state index is 12.3. The van der Waals surface area contributed by atoms with Crippen LogP contribution >= 0.6 is 11.6 Å². The van der Waals surface area contributed by atoms with Crippen molar-refractivity contribution < 1.29 is 26.3 Å². The second kappa shape index (κ2) is 4.21. The van der Waals surface area contributed by atoms with Gasteiger partial charge in [0.1, 0.15) is 5.69 Å². The first kappa shape index (κ1) is 13.8. The van der Waals surface area contributed by atoms with Crippen LogP contribution in [-0.2, 0) is 6.18 Å². The smallest absolute Gasteiger partial charge is 0.243 e. The van der Waals surface area contributed by atoms with Gasteiger partial charge < -0.3 is 0 Å². The molecule has 1 rings (SSSR count). The van der Waals surface area contributed by atoms with Crippen LogP contribution in [0.15, 0.2) is 18.7 Å². The Balaban J connectivity index is 3.29.